The number of rotatable bonds is 11. The van der Waals surface area contributed by atoms with Crippen molar-refractivity contribution < 1.29 is 24.8 Å². The normalized spacial score (nSPS) is 13.5. The number of benzene rings is 3. The van der Waals surface area contributed by atoms with Gasteiger partial charge in [-0.05, 0) is 31.0 Å². The summed E-state index contributed by atoms with van der Waals surface area (Å²) in [4.78, 5) is 1.02. The predicted molar refractivity (Wildman–Crippen MR) is 123 cm³/mol. The van der Waals surface area contributed by atoms with E-state index in [1.54, 1.807) is 11.8 Å². The van der Waals surface area contributed by atoms with Crippen LogP contribution in [0.25, 0.3) is 21.5 Å². The Balaban J connectivity index is 2.18. The van der Waals surface area contributed by atoms with Crippen molar-refractivity contribution in [3.8, 4) is 11.5 Å². The van der Waals surface area contributed by atoms with Gasteiger partial charge < -0.3 is 24.8 Å². The van der Waals surface area contributed by atoms with Crippen LogP contribution in [0.2, 0.25) is 0 Å². The molecule has 30 heavy (non-hydrogen) atoms. The summed E-state index contributed by atoms with van der Waals surface area (Å²) in [7, 11) is 0. The van der Waals surface area contributed by atoms with Gasteiger partial charge in [-0.1, -0.05) is 38.1 Å². The first-order valence-corrected chi connectivity index (χ1v) is 11.4. The van der Waals surface area contributed by atoms with Gasteiger partial charge in [-0.25, -0.2) is 0 Å². The molecule has 5 nitrogen and oxygen atoms in total. The molecule has 0 spiro atoms. The maximum absolute atomic E-state index is 10.1. The fourth-order valence-corrected chi connectivity index (χ4v) is 3.93. The minimum absolute atomic E-state index is 0.107. The molecule has 0 saturated carbocycles. The highest BCUT2D eigenvalue weighted by atomic mass is 32.2. The molecular weight excluding hydrogens is 400 g/mol. The maximum atomic E-state index is 10.1. The molecule has 0 aliphatic rings. The second-order valence-electron chi connectivity index (χ2n) is 7.23. The lowest BCUT2D eigenvalue weighted by molar-refractivity contribution is 0.105. The van der Waals surface area contributed by atoms with Gasteiger partial charge in [0, 0.05) is 32.2 Å². The molecule has 6 heteroatoms. The average molecular weight is 431 g/mol. The lowest BCUT2D eigenvalue weighted by atomic mass is 10.0. The van der Waals surface area contributed by atoms with Crippen LogP contribution in [0.5, 0.6) is 11.5 Å². The monoisotopic (exact) mass is 430 g/mol. The van der Waals surface area contributed by atoms with Crippen LogP contribution in [-0.4, -0.2) is 53.1 Å². The molecule has 2 unspecified atom stereocenters. The highest BCUT2D eigenvalue weighted by molar-refractivity contribution is 7.99. The van der Waals surface area contributed by atoms with Gasteiger partial charge in [-0.3, -0.25) is 0 Å². The second-order valence-corrected chi connectivity index (χ2v) is 8.40. The lowest BCUT2D eigenvalue weighted by Gasteiger charge is -2.20. The molecule has 0 saturated heterocycles. The molecule has 0 radical (unpaired) electrons. The van der Waals surface area contributed by atoms with Crippen LogP contribution in [-0.2, 0) is 0 Å². The molecule has 3 aromatic carbocycles. The van der Waals surface area contributed by atoms with E-state index in [4.69, 9.17) is 9.47 Å². The molecule has 0 aliphatic heterocycles. The van der Waals surface area contributed by atoms with Gasteiger partial charge in [-0.15, -0.1) is 11.8 Å². The Hall–Kier alpha value is -1.99. The molecular formula is C24H30O5S. The van der Waals surface area contributed by atoms with Crippen molar-refractivity contribution in [2.24, 2.45) is 0 Å². The number of hydrogen-bond donors (Lipinski definition) is 3. The number of fused-ring (bicyclic) bond motifs is 2. The van der Waals surface area contributed by atoms with Gasteiger partial charge in [0.05, 0.1) is 18.8 Å². The number of thioether (sulfide) groups is 1. The Kier molecular flexibility index (Phi) is 8.22. The smallest absolute Gasteiger partial charge is 0.135 e. The molecule has 3 rings (SSSR count). The molecule has 0 bridgehead atoms. The summed E-state index contributed by atoms with van der Waals surface area (Å²) in [5.41, 5.74) is 0. The van der Waals surface area contributed by atoms with Crippen molar-refractivity contribution in [1.29, 1.82) is 0 Å². The van der Waals surface area contributed by atoms with E-state index in [0.29, 0.717) is 24.3 Å². The summed E-state index contributed by atoms with van der Waals surface area (Å²) in [6.07, 6.45) is 0.160. The topological polar surface area (TPSA) is 79.2 Å². The van der Waals surface area contributed by atoms with Gasteiger partial charge in [0.1, 0.15) is 24.7 Å². The van der Waals surface area contributed by atoms with Crippen molar-refractivity contribution in [3.05, 3.63) is 42.5 Å². The predicted octanol–water partition coefficient (Wildman–Crippen LogP) is 4.38. The number of ether oxygens (including phenoxy) is 2. The van der Waals surface area contributed by atoms with Crippen LogP contribution in [0.4, 0.5) is 0 Å². The summed E-state index contributed by atoms with van der Waals surface area (Å²) in [6.45, 7) is 4.37. The van der Waals surface area contributed by atoms with Gasteiger partial charge in [0.2, 0.25) is 0 Å². The molecule has 162 valence electrons. The first-order valence-electron chi connectivity index (χ1n) is 10.4. The molecule has 3 aromatic rings. The third-order valence-electron chi connectivity index (χ3n) is 5.04. The molecule has 0 aromatic heterocycles. The quantitative estimate of drug-likeness (QED) is 0.310. The van der Waals surface area contributed by atoms with E-state index < -0.39 is 12.2 Å². The van der Waals surface area contributed by atoms with Gasteiger partial charge >= 0.3 is 0 Å². The van der Waals surface area contributed by atoms with Gasteiger partial charge in [-0.2, -0.15) is 0 Å². The van der Waals surface area contributed by atoms with E-state index in [0.717, 1.165) is 32.2 Å². The SMILES string of the molecule is CCC(O)COc1c2ccccc2c(OCC(O)CC)c2cc(SCCO)ccc12. The summed E-state index contributed by atoms with van der Waals surface area (Å²) in [5, 5.41) is 32.9. The highest BCUT2D eigenvalue weighted by Crippen LogP contribution is 2.44. The minimum Gasteiger partial charge on any atom is -0.490 e. The third-order valence-corrected chi connectivity index (χ3v) is 6.01. The fraction of sp³-hybridized carbons (Fsp3) is 0.417. The van der Waals surface area contributed by atoms with Crippen molar-refractivity contribution in [3.63, 3.8) is 0 Å². The zero-order valence-corrected chi connectivity index (χ0v) is 18.3. The van der Waals surface area contributed by atoms with Crippen molar-refractivity contribution in [2.75, 3.05) is 25.6 Å². The molecule has 0 amide bonds. The van der Waals surface area contributed by atoms with Gasteiger partial charge in [0.15, 0.2) is 0 Å². The zero-order valence-electron chi connectivity index (χ0n) is 17.5. The van der Waals surface area contributed by atoms with Crippen LogP contribution in [0, 0.1) is 0 Å². The van der Waals surface area contributed by atoms with Crippen LogP contribution in [0.3, 0.4) is 0 Å². The molecule has 3 N–H and O–H groups in total. The Labute approximate surface area is 181 Å². The maximum Gasteiger partial charge on any atom is 0.135 e. The summed E-state index contributed by atoms with van der Waals surface area (Å²) < 4.78 is 12.2. The Morgan fingerprint density at radius 1 is 0.800 bits per heavy atom. The van der Waals surface area contributed by atoms with Crippen molar-refractivity contribution >= 4 is 33.3 Å². The van der Waals surface area contributed by atoms with E-state index in [1.807, 2.05) is 56.3 Å². The van der Waals surface area contributed by atoms with Gasteiger partial charge in [0.25, 0.3) is 0 Å². The Bertz CT molecular complexity index is 975. The molecule has 0 fully saturated rings. The number of aliphatic hydroxyl groups is 3. The summed E-state index contributed by atoms with van der Waals surface area (Å²) in [6, 6.07) is 13.9. The van der Waals surface area contributed by atoms with E-state index in [-0.39, 0.29) is 19.8 Å². The van der Waals surface area contributed by atoms with Crippen LogP contribution < -0.4 is 9.47 Å². The van der Waals surface area contributed by atoms with Crippen LogP contribution in [0.1, 0.15) is 26.7 Å². The fourth-order valence-electron chi connectivity index (χ4n) is 3.24. The number of hydrogen-bond acceptors (Lipinski definition) is 6. The first-order chi connectivity index (χ1) is 14.6. The van der Waals surface area contributed by atoms with Crippen LogP contribution >= 0.6 is 11.8 Å². The standard InChI is InChI=1S/C24H30O5S/c1-3-16(26)14-28-23-19-7-5-6-8-20(19)24(29-15-17(27)4-2)22-13-18(30-12-11-25)9-10-21(22)23/h5-10,13,16-17,25-27H,3-4,11-12,14-15H2,1-2H3. The van der Waals surface area contributed by atoms with E-state index in [9.17, 15) is 15.3 Å². The minimum atomic E-state index is -0.540. The largest absolute Gasteiger partial charge is 0.490 e. The van der Waals surface area contributed by atoms with Crippen molar-refractivity contribution in [1.82, 2.24) is 0 Å². The van der Waals surface area contributed by atoms with Crippen molar-refractivity contribution in [2.45, 2.75) is 43.8 Å². The van der Waals surface area contributed by atoms with E-state index >= 15 is 0 Å². The second kappa shape index (κ2) is 10.9. The third kappa shape index (κ3) is 5.19. The first kappa shape index (κ1) is 22.7. The van der Waals surface area contributed by atoms with E-state index in [1.165, 1.54) is 0 Å². The van der Waals surface area contributed by atoms with E-state index in [2.05, 4.69) is 0 Å². The Morgan fingerprint density at radius 3 is 1.87 bits per heavy atom. The lowest BCUT2D eigenvalue weighted by Crippen LogP contribution is -2.17. The number of aliphatic hydroxyl groups excluding tert-OH is 3. The molecule has 0 heterocycles. The highest BCUT2D eigenvalue weighted by Gasteiger charge is 2.18. The Morgan fingerprint density at radius 2 is 1.33 bits per heavy atom. The summed E-state index contributed by atoms with van der Waals surface area (Å²) in [5.74, 6) is 2.04. The average Bonchev–Trinajstić information content (AvgIpc) is 2.79. The summed E-state index contributed by atoms with van der Waals surface area (Å²) >= 11 is 1.57. The molecule has 2 atom stereocenters. The van der Waals surface area contributed by atoms with Crippen LogP contribution in [0.15, 0.2) is 47.4 Å². The zero-order chi connectivity index (χ0) is 21.5. The molecule has 0 aliphatic carbocycles.